The van der Waals surface area contributed by atoms with Gasteiger partial charge in [-0.1, -0.05) is 6.07 Å². The van der Waals surface area contributed by atoms with Gasteiger partial charge < -0.3 is 19.1 Å². The molecule has 1 heterocycles. The predicted molar refractivity (Wildman–Crippen MR) is 84.4 cm³/mol. The first-order chi connectivity index (χ1) is 11.0. The van der Waals surface area contributed by atoms with E-state index in [9.17, 15) is 9.59 Å². The molecule has 6 heteroatoms. The lowest BCUT2D eigenvalue weighted by atomic mass is 9.97. The van der Waals surface area contributed by atoms with E-state index in [2.05, 4.69) is 0 Å². The van der Waals surface area contributed by atoms with Gasteiger partial charge in [-0.15, -0.1) is 0 Å². The molecule has 1 fully saturated rings. The minimum Gasteiger partial charge on any atom is -0.497 e. The van der Waals surface area contributed by atoms with Gasteiger partial charge in [0, 0.05) is 19.2 Å². The van der Waals surface area contributed by atoms with E-state index in [0.717, 1.165) is 0 Å². The van der Waals surface area contributed by atoms with Crippen LogP contribution in [0.25, 0.3) is 0 Å². The van der Waals surface area contributed by atoms with Crippen LogP contribution in [-0.2, 0) is 14.3 Å². The molecule has 1 amide bonds. The van der Waals surface area contributed by atoms with Crippen LogP contribution >= 0.6 is 0 Å². The van der Waals surface area contributed by atoms with Crippen LogP contribution in [0.1, 0.15) is 19.8 Å². The minimum atomic E-state index is -0.586. The molecule has 0 aliphatic carbocycles. The number of piperidine rings is 1. The van der Waals surface area contributed by atoms with Gasteiger partial charge >= 0.3 is 5.97 Å². The number of ether oxygens (including phenoxy) is 3. The van der Waals surface area contributed by atoms with Crippen LogP contribution in [0, 0.1) is 5.92 Å². The van der Waals surface area contributed by atoms with Crippen molar-refractivity contribution < 1.29 is 23.8 Å². The van der Waals surface area contributed by atoms with Crippen molar-refractivity contribution in [2.24, 2.45) is 5.92 Å². The van der Waals surface area contributed by atoms with E-state index in [-0.39, 0.29) is 17.8 Å². The quantitative estimate of drug-likeness (QED) is 0.775. The SMILES string of the molecule is COC(=O)C1CCN(C(=O)[C@@H](C)Oc2cccc(OC)c2)CC1. The van der Waals surface area contributed by atoms with Crippen molar-refractivity contribution in [3.8, 4) is 11.5 Å². The number of carbonyl (C=O) groups is 2. The Balaban J connectivity index is 1.89. The lowest BCUT2D eigenvalue weighted by Crippen LogP contribution is -2.45. The molecule has 2 rings (SSSR count). The van der Waals surface area contributed by atoms with Crippen LogP contribution in [0.5, 0.6) is 11.5 Å². The Labute approximate surface area is 136 Å². The molecule has 1 aromatic rings. The molecule has 0 spiro atoms. The highest BCUT2D eigenvalue weighted by Gasteiger charge is 2.30. The lowest BCUT2D eigenvalue weighted by Gasteiger charge is -2.32. The summed E-state index contributed by atoms with van der Waals surface area (Å²) in [4.78, 5) is 25.7. The molecule has 1 aliphatic heterocycles. The van der Waals surface area contributed by atoms with Crippen molar-refractivity contribution in [1.82, 2.24) is 4.90 Å². The molecular weight excluding hydrogens is 298 g/mol. The average Bonchev–Trinajstić information content (AvgIpc) is 2.60. The summed E-state index contributed by atoms with van der Waals surface area (Å²) in [5, 5.41) is 0. The second kappa shape index (κ2) is 7.85. The number of amides is 1. The largest absolute Gasteiger partial charge is 0.497 e. The summed E-state index contributed by atoms with van der Waals surface area (Å²) in [5.74, 6) is 0.892. The fraction of sp³-hybridized carbons (Fsp3) is 0.529. The molecule has 0 radical (unpaired) electrons. The molecule has 0 bridgehead atoms. The fourth-order valence-electron chi connectivity index (χ4n) is 2.69. The van der Waals surface area contributed by atoms with Gasteiger partial charge in [0.1, 0.15) is 11.5 Å². The number of hydrogen-bond donors (Lipinski definition) is 0. The van der Waals surface area contributed by atoms with Crippen LogP contribution in [0.2, 0.25) is 0 Å². The standard InChI is InChI=1S/C17H23NO5/c1-12(23-15-6-4-5-14(11-15)21-2)16(19)18-9-7-13(8-10-18)17(20)22-3/h4-6,11-13H,7-10H2,1-3H3/t12-/m1/s1. The van der Waals surface area contributed by atoms with Crippen LogP contribution in [-0.4, -0.2) is 50.2 Å². The molecule has 1 aliphatic rings. The van der Waals surface area contributed by atoms with Crippen molar-refractivity contribution in [2.45, 2.75) is 25.9 Å². The van der Waals surface area contributed by atoms with Crippen molar-refractivity contribution in [2.75, 3.05) is 27.3 Å². The molecule has 6 nitrogen and oxygen atoms in total. The average molecular weight is 321 g/mol. The Kier molecular flexibility index (Phi) is 5.84. The molecule has 0 aromatic heterocycles. The Morgan fingerprint density at radius 2 is 1.83 bits per heavy atom. The molecule has 126 valence electrons. The maximum Gasteiger partial charge on any atom is 0.308 e. The van der Waals surface area contributed by atoms with Crippen LogP contribution in [0.3, 0.4) is 0 Å². The zero-order chi connectivity index (χ0) is 16.8. The number of nitrogens with zero attached hydrogens (tertiary/aromatic N) is 1. The van der Waals surface area contributed by atoms with Crippen LogP contribution < -0.4 is 9.47 Å². The second-order valence-corrected chi connectivity index (χ2v) is 5.56. The molecule has 1 saturated heterocycles. The van der Waals surface area contributed by atoms with E-state index in [4.69, 9.17) is 14.2 Å². The smallest absolute Gasteiger partial charge is 0.308 e. The molecule has 23 heavy (non-hydrogen) atoms. The second-order valence-electron chi connectivity index (χ2n) is 5.56. The molecule has 0 N–H and O–H groups in total. The molecule has 1 aromatic carbocycles. The summed E-state index contributed by atoms with van der Waals surface area (Å²) >= 11 is 0. The number of hydrogen-bond acceptors (Lipinski definition) is 5. The third-order valence-electron chi connectivity index (χ3n) is 4.04. The van der Waals surface area contributed by atoms with Crippen molar-refractivity contribution >= 4 is 11.9 Å². The Morgan fingerprint density at radius 3 is 2.43 bits per heavy atom. The van der Waals surface area contributed by atoms with Gasteiger partial charge in [0.25, 0.3) is 5.91 Å². The topological polar surface area (TPSA) is 65.1 Å². The van der Waals surface area contributed by atoms with Crippen molar-refractivity contribution in [1.29, 1.82) is 0 Å². The van der Waals surface area contributed by atoms with Gasteiger partial charge in [-0.25, -0.2) is 0 Å². The zero-order valence-electron chi connectivity index (χ0n) is 13.8. The Morgan fingerprint density at radius 1 is 1.17 bits per heavy atom. The third kappa shape index (κ3) is 4.37. The number of likely N-dealkylation sites (tertiary alicyclic amines) is 1. The van der Waals surface area contributed by atoms with E-state index >= 15 is 0 Å². The Bertz CT molecular complexity index is 552. The summed E-state index contributed by atoms with van der Waals surface area (Å²) < 4.78 is 15.6. The van der Waals surface area contributed by atoms with E-state index in [0.29, 0.717) is 37.4 Å². The predicted octanol–water partition coefficient (Wildman–Crippen LogP) is 1.87. The third-order valence-corrected chi connectivity index (χ3v) is 4.04. The highest BCUT2D eigenvalue weighted by molar-refractivity contribution is 5.81. The van der Waals surface area contributed by atoms with Gasteiger partial charge in [0.15, 0.2) is 6.10 Å². The van der Waals surface area contributed by atoms with E-state index in [1.807, 2.05) is 12.1 Å². The van der Waals surface area contributed by atoms with E-state index < -0.39 is 6.10 Å². The first-order valence-corrected chi connectivity index (χ1v) is 7.72. The number of rotatable bonds is 5. The highest BCUT2D eigenvalue weighted by atomic mass is 16.5. The first-order valence-electron chi connectivity index (χ1n) is 7.72. The molecule has 0 unspecified atom stereocenters. The number of benzene rings is 1. The summed E-state index contributed by atoms with van der Waals surface area (Å²) in [7, 11) is 2.98. The highest BCUT2D eigenvalue weighted by Crippen LogP contribution is 2.22. The van der Waals surface area contributed by atoms with Crippen LogP contribution in [0.4, 0.5) is 0 Å². The van der Waals surface area contributed by atoms with E-state index in [1.54, 1.807) is 31.1 Å². The lowest BCUT2D eigenvalue weighted by molar-refractivity contribution is -0.150. The summed E-state index contributed by atoms with van der Waals surface area (Å²) in [6, 6.07) is 7.16. The van der Waals surface area contributed by atoms with Gasteiger partial charge in [0.05, 0.1) is 20.1 Å². The summed E-state index contributed by atoms with van der Waals surface area (Å²) in [6.07, 6.45) is 0.672. The van der Waals surface area contributed by atoms with Gasteiger partial charge in [-0.05, 0) is 31.9 Å². The van der Waals surface area contributed by atoms with Crippen molar-refractivity contribution in [3.05, 3.63) is 24.3 Å². The Hall–Kier alpha value is -2.24. The van der Waals surface area contributed by atoms with Gasteiger partial charge in [-0.2, -0.15) is 0 Å². The molecule has 0 saturated carbocycles. The summed E-state index contributed by atoms with van der Waals surface area (Å²) in [6.45, 7) is 2.82. The monoisotopic (exact) mass is 321 g/mol. The van der Waals surface area contributed by atoms with Gasteiger partial charge in [-0.3, -0.25) is 9.59 Å². The molecular formula is C17H23NO5. The number of methoxy groups -OCH3 is 2. The maximum atomic E-state index is 12.5. The zero-order valence-corrected chi connectivity index (χ0v) is 13.8. The number of carbonyl (C=O) groups excluding carboxylic acids is 2. The van der Waals surface area contributed by atoms with Gasteiger partial charge in [0.2, 0.25) is 0 Å². The van der Waals surface area contributed by atoms with E-state index in [1.165, 1.54) is 7.11 Å². The minimum absolute atomic E-state index is 0.0730. The molecule has 1 atom stereocenters. The fourth-order valence-corrected chi connectivity index (χ4v) is 2.69. The maximum absolute atomic E-state index is 12.5. The number of esters is 1. The summed E-state index contributed by atoms with van der Waals surface area (Å²) in [5.41, 5.74) is 0. The van der Waals surface area contributed by atoms with Crippen molar-refractivity contribution in [3.63, 3.8) is 0 Å². The normalized spacial score (nSPS) is 16.6. The first kappa shape index (κ1) is 17.1. The van der Waals surface area contributed by atoms with Crippen LogP contribution in [0.15, 0.2) is 24.3 Å².